The van der Waals surface area contributed by atoms with Crippen LogP contribution >= 0.6 is 0 Å². The highest BCUT2D eigenvalue weighted by Gasteiger charge is 2.12. The fourth-order valence-electron chi connectivity index (χ4n) is 2.84. The zero-order valence-corrected chi connectivity index (χ0v) is 14.2. The van der Waals surface area contributed by atoms with Crippen molar-refractivity contribution in [2.75, 3.05) is 12.3 Å². The number of aryl methyl sites for hydroxylation is 2. The van der Waals surface area contributed by atoms with Gasteiger partial charge in [0.25, 0.3) is 0 Å². The van der Waals surface area contributed by atoms with Gasteiger partial charge < -0.3 is 14.9 Å². The first-order valence-corrected chi connectivity index (χ1v) is 8.07. The molecule has 0 spiro atoms. The van der Waals surface area contributed by atoms with Crippen molar-refractivity contribution in [2.45, 2.75) is 27.2 Å². The third-order valence-electron chi connectivity index (χ3n) is 3.95. The lowest BCUT2D eigenvalue weighted by molar-refractivity contribution is 0.313. The van der Waals surface area contributed by atoms with Crippen molar-refractivity contribution in [1.29, 1.82) is 0 Å². The minimum Gasteiger partial charge on any atom is -0.493 e. The summed E-state index contributed by atoms with van der Waals surface area (Å²) in [4.78, 5) is 12.4. The summed E-state index contributed by atoms with van der Waals surface area (Å²) in [5.74, 6) is 1.45. The molecule has 0 aliphatic heterocycles. The Labute approximate surface area is 140 Å². The number of rotatable bonds is 4. The number of ether oxygens (including phenoxy) is 1. The number of benzene rings is 2. The van der Waals surface area contributed by atoms with Crippen molar-refractivity contribution in [2.24, 2.45) is 0 Å². The number of nitrogen functional groups attached to an aromatic ring is 1. The lowest BCUT2D eigenvalue weighted by atomic mass is 10.0. The second-order valence-corrected chi connectivity index (χ2v) is 6.02. The molecule has 1 heterocycles. The molecule has 0 saturated carbocycles. The molecule has 24 heavy (non-hydrogen) atoms. The lowest BCUT2D eigenvalue weighted by Crippen LogP contribution is -2.02. The van der Waals surface area contributed by atoms with Crippen LogP contribution in [0, 0.1) is 13.8 Å². The molecule has 0 bridgehead atoms. The third-order valence-corrected chi connectivity index (χ3v) is 3.95. The van der Waals surface area contributed by atoms with Gasteiger partial charge in [0, 0.05) is 17.3 Å². The van der Waals surface area contributed by atoms with Gasteiger partial charge in [-0.25, -0.2) is 0 Å². The van der Waals surface area contributed by atoms with Gasteiger partial charge in [-0.3, -0.25) is 4.79 Å². The minimum atomic E-state index is -0.0971. The molecular weight excluding hydrogens is 302 g/mol. The first kappa shape index (κ1) is 16.1. The minimum absolute atomic E-state index is 0.0971. The molecule has 0 fully saturated rings. The molecule has 0 amide bonds. The van der Waals surface area contributed by atoms with E-state index in [1.165, 1.54) is 6.07 Å². The number of anilines is 1. The van der Waals surface area contributed by atoms with Gasteiger partial charge in [-0.15, -0.1) is 0 Å². The summed E-state index contributed by atoms with van der Waals surface area (Å²) in [5, 5.41) is 0.495. The molecule has 0 radical (unpaired) electrons. The van der Waals surface area contributed by atoms with Crippen molar-refractivity contribution in [1.82, 2.24) is 0 Å². The maximum absolute atomic E-state index is 12.4. The Morgan fingerprint density at radius 2 is 1.79 bits per heavy atom. The summed E-state index contributed by atoms with van der Waals surface area (Å²) in [7, 11) is 0. The highest BCUT2D eigenvalue weighted by molar-refractivity contribution is 5.82. The van der Waals surface area contributed by atoms with E-state index in [0.29, 0.717) is 29.0 Å². The van der Waals surface area contributed by atoms with Crippen LogP contribution in [-0.4, -0.2) is 6.61 Å². The monoisotopic (exact) mass is 323 g/mol. The number of fused-ring (bicyclic) bond motifs is 1. The summed E-state index contributed by atoms with van der Waals surface area (Å²) < 4.78 is 11.7. The van der Waals surface area contributed by atoms with Crippen molar-refractivity contribution < 1.29 is 9.15 Å². The van der Waals surface area contributed by atoms with Gasteiger partial charge in [-0.05, 0) is 61.7 Å². The topological polar surface area (TPSA) is 65.5 Å². The number of hydrogen-bond donors (Lipinski definition) is 1. The summed E-state index contributed by atoms with van der Waals surface area (Å²) in [6.07, 6.45) is 0.962. The SMILES string of the molecule is CCCOc1c(C)cc(-c2cc(=O)c3cc(N)ccc3o2)cc1C. The molecule has 1 aromatic heterocycles. The van der Waals surface area contributed by atoms with Gasteiger partial charge in [0.1, 0.15) is 17.1 Å². The largest absolute Gasteiger partial charge is 0.493 e. The fourth-order valence-corrected chi connectivity index (χ4v) is 2.84. The van der Waals surface area contributed by atoms with E-state index in [4.69, 9.17) is 14.9 Å². The van der Waals surface area contributed by atoms with Gasteiger partial charge in [-0.1, -0.05) is 6.92 Å². The van der Waals surface area contributed by atoms with E-state index in [2.05, 4.69) is 6.92 Å². The van der Waals surface area contributed by atoms with E-state index < -0.39 is 0 Å². The van der Waals surface area contributed by atoms with Gasteiger partial charge >= 0.3 is 0 Å². The lowest BCUT2D eigenvalue weighted by Gasteiger charge is -2.13. The fraction of sp³-hybridized carbons (Fsp3) is 0.250. The van der Waals surface area contributed by atoms with Crippen LogP contribution in [0.4, 0.5) is 5.69 Å². The van der Waals surface area contributed by atoms with Crippen molar-refractivity contribution >= 4 is 16.7 Å². The van der Waals surface area contributed by atoms with Crippen LogP contribution in [0.5, 0.6) is 5.75 Å². The molecule has 0 unspecified atom stereocenters. The van der Waals surface area contributed by atoms with Crippen LogP contribution in [0.15, 0.2) is 45.6 Å². The van der Waals surface area contributed by atoms with E-state index in [1.807, 2.05) is 26.0 Å². The van der Waals surface area contributed by atoms with Crippen LogP contribution in [0.25, 0.3) is 22.3 Å². The summed E-state index contributed by atoms with van der Waals surface area (Å²) >= 11 is 0. The summed E-state index contributed by atoms with van der Waals surface area (Å²) in [6, 6.07) is 10.6. The van der Waals surface area contributed by atoms with Crippen LogP contribution < -0.4 is 15.9 Å². The number of nitrogens with two attached hydrogens (primary N) is 1. The van der Waals surface area contributed by atoms with Crippen molar-refractivity contribution in [3.63, 3.8) is 0 Å². The van der Waals surface area contributed by atoms with Crippen molar-refractivity contribution in [3.05, 3.63) is 57.7 Å². The zero-order chi connectivity index (χ0) is 17.3. The van der Waals surface area contributed by atoms with Gasteiger partial charge in [0.05, 0.1) is 12.0 Å². The number of hydrogen-bond acceptors (Lipinski definition) is 4. The molecule has 3 rings (SSSR count). The first-order chi connectivity index (χ1) is 11.5. The second kappa shape index (κ2) is 6.40. The highest BCUT2D eigenvalue weighted by Crippen LogP contribution is 2.31. The molecule has 0 aliphatic carbocycles. The second-order valence-electron chi connectivity index (χ2n) is 6.02. The standard InChI is InChI=1S/C20H21NO3/c1-4-7-23-20-12(2)8-14(9-13(20)3)19-11-17(22)16-10-15(21)5-6-18(16)24-19/h5-6,8-11H,4,7,21H2,1-3H3. The molecule has 4 heteroatoms. The highest BCUT2D eigenvalue weighted by atomic mass is 16.5. The quantitative estimate of drug-likeness (QED) is 0.720. The van der Waals surface area contributed by atoms with Crippen LogP contribution in [0.2, 0.25) is 0 Å². The summed E-state index contributed by atoms with van der Waals surface area (Å²) in [6.45, 7) is 6.77. The molecule has 4 nitrogen and oxygen atoms in total. The molecule has 0 aliphatic rings. The van der Waals surface area contributed by atoms with Gasteiger partial charge in [-0.2, -0.15) is 0 Å². The van der Waals surface area contributed by atoms with Crippen LogP contribution in [0.1, 0.15) is 24.5 Å². The summed E-state index contributed by atoms with van der Waals surface area (Å²) in [5.41, 5.74) is 9.65. The zero-order valence-electron chi connectivity index (χ0n) is 14.2. The maximum atomic E-state index is 12.4. The van der Waals surface area contributed by atoms with E-state index >= 15 is 0 Å². The molecule has 124 valence electrons. The molecule has 0 saturated heterocycles. The van der Waals surface area contributed by atoms with E-state index in [9.17, 15) is 4.79 Å². The first-order valence-electron chi connectivity index (χ1n) is 8.07. The Hall–Kier alpha value is -2.75. The Morgan fingerprint density at radius 3 is 2.46 bits per heavy atom. The predicted octanol–water partition coefficient (Wildman–Crippen LogP) is 4.45. The maximum Gasteiger partial charge on any atom is 0.193 e. The Balaban J connectivity index is 2.11. The predicted molar refractivity (Wildman–Crippen MR) is 97.6 cm³/mol. The smallest absolute Gasteiger partial charge is 0.193 e. The third kappa shape index (κ3) is 3.00. The van der Waals surface area contributed by atoms with Crippen molar-refractivity contribution in [3.8, 4) is 17.1 Å². The molecular formula is C20H21NO3. The Morgan fingerprint density at radius 1 is 1.08 bits per heavy atom. The van der Waals surface area contributed by atoms with Gasteiger partial charge in [0.2, 0.25) is 0 Å². The van der Waals surface area contributed by atoms with Gasteiger partial charge in [0.15, 0.2) is 5.43 Å². The Bertz CT molecular complexity index is 934. The Kier molecular flexibility index (Phi) is 4.30. The van der Waals surface area contributed by atoms with E-state index in [1.54, 1.807) is 18.2 Å². The molecule has 2 N–H and O–H groups in total. The average molecular weight is 323 g/mol. The van der Waals surface area contributed by atoms with E-state index in [-0.39, 0.29) is 5.43 Å². The van der Waals surface area contributed by atoms with E-state index in [0.717, 1.165) is 28.9 Å². The average Bonchev–Trinajstić information content (AvgIpc) is 2.54. The van der Waals surface area contributed by atoms with Crippen LogP contribution in [-0.2, 0) is 0 Å². The molecule has 0 atom stereocenters. The normalized spacial score (nSPS) is 11.0. The molecule has 3 aromatic rings. The van der Waals surface area contributed by atoms with Crippen LogP contribution in [0.3, 0.4) is 0 Å². The molecule has 2 aromatic carbocycles.